The van der Waals surface area contributed by atoms with Crippen LogP contribution in [0.5, 0.6) is 0 Å². The van der Waals surface area contributed by atoms with Crippen molar-refractivity contribution in [1.82, 2.24) is 19.5 Å². The second-order valence-electron chi connectivity index (χ2n) is 6.43. The molecule has 3 N–H and O–H groups in total. The van der Waals surface area contributed by atoms with Gasteiger partial charge in [-0.05, 0) is 23.7 Å². The van der Waals surface area contributed by atoms with E-state index in [-0.39, 0.29) is 11.9 Å². The van der Waals surface area contributed by atoms with Crippen molar-refractivity contribution in [2.75, 3.05) is 19.0 Å². The minimum Gasteiger partial charge on any atom is -0.461 e. The second kappa shape index (κ2) is 8.15. The summed E-state index contributed by atoms with van der Waals surface area (Å²) >= 11 is 7.27. The molecule has 11 heteroatoms. The third-order valence-electron chi connectivity index (χ3n) is 4.63. The largest absolute Gasteiger partial charge is 0.461 e. The summed E-state index contributed by atoms with van der Waals surface area (Å²) in [4.78, 5) is 24.7. The van der Waals surface area contributed by atoms with Gasteiger partial charge in [-0.15, -0.1) is 11.8 Å². The number of aliphatic hydroxyl groups is 2. The van der Waals surface area contributed by atoms with Gasteiger partial charge in [-0.2, -0.15) is 9.97 Å². The zero-order chi connectivity index (χ0) is 20.5. The molecule has 0 radical (unpaired) electrons. The molecular formula is C18H18ClN5O4S. The number of carbonyl (C=O) groups excluding carboxylic acids is 1. The van der Waals surface area contributed by atoms with Crippen LogP contribution in [0.3, 0.4) is 0 Å². The predicted molar refractivity (Wildman–Crippen MR) is 109 cm³/mol. The standard InChI is InChI=1S/C18H18ClN5O4S/c1-20-14-11-15(23-18(19)22-14)24(8-21-11)16-13(26)12(25)10(29-16)7-28-17(27)9-5-3-2-4-6-9/h2-6,8,10,12-13,16,25-26H,7H2,1H3,(H,20,22,23)/t10-,12-,13-,16-/m1/s1. The van der Waals surface area contributed by atoms with Crippen molar-refractivity contribution in [1.29, 1.82) is 0 Å². The molecule has 29 heavy (non-hydrogen) atoms. The molecule has 1 saturated heterocycles. The van der Waals surface area contributed by atoms with Gasteiger partial charge >= 0.3 is 5.97 Å². The Labute approximate surface area is 175 Å². The van der Waals surface area contributed by atoms with Crippen LogP contribution in [0, 0.1) is 0 Å². The Balaban J connectivity index is 1.53. The topological polar surface area (TPSA) is 122 Å². The number of esters is 1. The van der Waals surface area contributed by atoms with E-state index in [1.165, 1.54) is 18.1 Å². The highest BCUT2D eigenvalue weighted by Crippen LogP contribution is 2.43. The third-order valence-corrected chi connectivity index (χ3v) is 6.35. The van der Waals surface area contributed by atoms with Crippen molar-refractivity contribution in [2.45, 2.75) is 22.8 Å². The van der Waals surface area contributed by atoms with Crippen LogP contribution in [-0.4, -0.2) is 66.8 Å². The smallest absolute Gasteiger partial charge is 0.338 e. The maximum Gasteiger partial charge on any atom is 0.338 e. The average molecular weight is 436 g/mol. The van der Waals surface area contributed by atoms with E-state index < -0.39 is 28.8 Å². The molecule has 0 unspecified atom stereocenters. The van der Waals surface area contributed by atoms with Gasteiger partial charge in [0.15, 0.2) is 17.0 Å². The van der Waals surface area contributed by atoms with Crippen LogP contribution in [0.25, 0.3) is 11.2 Å². The van der Waals surface area contributed by atoms with Crippen molar-refractivity contribution in [3.05, 3.63) is 47.5 Å². The molecule has 3 heterocycles. The summed E-state index contributed by atoms with van der Waals surface area (Å²) in [5, 5.41) is 22.9. The lowest BCUT2D eigenvalue weighted by atomic mass is 10.1. The summed E-state index contributed by atoms with van der Waals surface area (Å²) in [5.41, 5.74) is 1.35. The van der Waals surface area contributed by atoms with E-state index in [0.717, 1.165) is 0 Å². The molecule has 2 aromatic heterocycles. The Morgan fingerprint density at radius 2 is 2.03 bits per heavy atom. The summed E-state index contributed by atoms with van der Waals surface area (Å²) in [6.07, 6.45) is -0.681. The summed E-state index contributed by atoms with van der Waals surface area (Å²) in [5.74, 6) is -0.0206. The summed E-state index contributed by atoms with van der Waals surface area (Å²) < 4.78 is 6.97. The molecule has 1 aliphatic heterocycles. The maximum absolute atomic E-state index is 12.2. The number of imidazole rings is 1. The van der Waals surface area contributed by atoms with Crippen molar-refractivity contribution in [2.24, 2.45) is 0 Å². The quantitative estimate of drug-likeness (QED) is 0.406. The Bertz CT molecular complexity index is 1030. The molecule has 4 atom stereocenters. The minimum atomic E-state index is -1.11. The van der Waals surface area contributed by atoms with Crippen LogP contribution in [0.15, 0.2) is 36.7 Å². The first-order chi connectivity index (χ1) is 14.0. The van der Waals surface area contributed by atoms with E-state index in [1.807, 2.05) is 0 Å². The van der Waals surface area contributed by atoms with Gasteiger partial charge in [0.1, 0.15) is 18.1 Å². The molecular weight excluding hydrogens is 418 g/mol. The molecule has 152 valence electrons. The number of nitrogens with one attached hydrogen (secondary N) is 1. The number of ether oxygens (including phenoxy) is 1. The predicted octanol–water partition coefficient (Wildman–Crippen LogP) is 1.71. The fraction of sp³-hybridized carbons (Fsp3) is 0.333. The number of rotatable bonds is 5. The van der Waals surface area contributed by atoms with Crippen molar-refractivity contribution >= 4 is 46.3 Å². The molecule has 3 aromatic rings. The summed E-state index contributed by atoms with van der Waals surface area (Å²) in [6.45, 7) is -0.0444. The zero-order valence-corrected chi connectivity index (χ0v) is 16.8. The number of thioether (sulfide) groups is 1. The maximum atomic E-state index is 12.2. The number of fused-ring (bicyclic) bond motifs is 1. The highest BCUT2D eigenvalue weighted by atomic mass is 35.5. The van der Waals surface area contributed by atoms with Crippen molar-refractivity contribution in [3.63, 3.8) is 0 Å². The lowest BCUT2D eigenvalue weighted by Gasteiger charge is -2.17. The van der Waals surface area contributed by atoms with Gasteiger partial charge in [0.25, 0.3) is 0 Å². The van der Waals surface area contributed by atoms with Crippen LogP contribution in [0.1, 0.15) is 15.7 Å². The van der Waals surface area contributed by atoms with E-state index in [4.69, 9.17) is 16.3 Å². The lowest BCUT2D eigenvalue weighted by Crippen LogP contribution is -2.34. The monoisotopic (exact) mass is 435 g/mol. The Kier molecular flexibility index (Phi) is 5.59. The van der Waals surface area contributed by atoms with E-state index >= 15 is 0 Å². The summed E-state index contributed by atoms with van der Waals surface area (Å²) in [7, 11) is 1.69. The van der Waals surface area contributed by atoms with Gasteiger partial charge < -0.3 is 20.3 Å². The lowest BCUT2D eigenvalue weighted by molar-refractivity contribution is 0.00459. The van der Waals surface area contributed by atoms with Gasteiger partial charge in [-0.3, -0.25) is 4.57 Å². The van der Waals surface area contributed by atoms with Gasteiger partial charge in [0.05, 0.1) is 23.2 Å². The first-order valence-electron chi connectivity index (χ1n) is 8.81. The molecule has 0 saturated carbocycles. The molecule has 0 spiro atoms. The zero-order valence-electron chi connectivity index (χ0n) is 15.3. The molecule has 1 fully saturated rings. The van der Waals surface area contributed by atoms with Crippen LogP contribution >= 0.6 is 23.4 Å². The Morgan fingerprint density at radius 3 is 2.76 bits per heavy atom. The normalized spacial score (nSPS) is 24.0. The fourth-order valence-corrected chi connectivity index (χ4v) is 4.76. The Hall–Kier alpha value is -2.40. The minimum absolute atomic E-state index is 0.0370. The number of benzene rings is 1. The van der Waals surface area contributed by atoms with Crippen molar-refractivity contribution < 1.29 is 19.7 Å². The second-order valence-corrected chi connectivity index (χ2v) is 8.12. The number of halogens is 1. The molecule has 9 nitrogen and oxygen atoms in total. The van der Waals surface area contributed by atoms with E-state index in [2.05, 4.69) is 20.3 Å². The number of hydrogen-bond donors (Lipinski definition) is 3. The van der Waals surface area contributed by atoms with Gasteiger partial charge in [-0.25, -0.2) is 9.78 Å². The van der Waals surface area contributed by atoms with Gasteiger partial charge in [0, 0.05) is 7.05 Å². The van der Waals surface area contributed by atoms with Crippen LogP contribution < -0.4 is 5.32 Å². The van der Waals surface area contributed by atoms with Gasteiger partial charge in [-0.1, -0.05) is 18.2 Å². The number of hydrogen-bond acceptors (Lipinski definition) is 9. The van der Waals surface area contributed by atoms with E-state index in [0.29, 0.717) is 22.5 Å². The summed E-state index contributed by atoms with van der Waals surface area (Å²) in [6, 6.07) is 8.59. The molecule has 4 rings (SSSR count). The fourth-order valence-electron chi connectivity index (χ4n) is 3.16. The third kappa shape index (κ3) is 3.76. The van der Waals surface area contributed by atoms with Gasteiger partial charge in [0.2, 0.25) is 5.28 Å². The highest BCUT2D eigenvalue weighted by Gasteiger charge is 2.44. The van der Waals surface area contributed by atoms with Crippen LogP contribution in [0.2, 0.25) is 5.28 Å². The number of anilines is 1. The molecule has 1 aromatic carbocycles. The number of aliphatic hydroxyl groups excluding tert-OH is 2. The molecule has 1 aliphatic rings. The van der Waals surface area contributed by atoms with E-state index in [1.54, 1.807) is 41.9 Å². The van der Waals surface area contributed by atoms with Crippen molar-refractivity contribution in [3.8, 4) is 0 Å². The average Bonchev–Trinajstić information content (AvgIpc) is 3.27. The van der Waals surface area contributed by atoms with Crippen LogP contribution in [0.4, 0.5) is 5.82 Å². The van der Waals surface area contributed by atoms with Crippen LogP contribution in [-0.2, 0) is 4.74 Å². The molecule has 0 bridgehead atoms. The highest BCUT2D eigenvalue weighted by molar-refractivity contribution is 8.00. The molecule has 0 aliphatic carbocycles. The first-order valence-corrected chi connectivity index (χ1v) is 10.1. The Morgan fingerprint density at radius 1 is 1.28 bits per heavy atom. The number of aromatic nitrogens is 4. The molecule has 0 amide bonds. The number of nitrogens with zero attached hydrogens (tertiary/aromatic N) is 4. The van der Waals surface area contributed by atoms with E-state index in [9.17, 15) is 15.0 Å². The number of carbonyl (C=O) groups is 1. The first kappa shape index (κ1) is 19.9. The SMILES string of the molecule is CNc1nc(Cl)nc2c1ncn2[C@@H]1S[C@H](COC(=O)c2ccccc2)[C@@H](O)[C@H]1O.